The molecular weight excluding hydrogens is 244 g/mol. The van der Waals surface area contributed by atoms with Crippen LogP contribution in [0.3, 0.4) is 0 Å². The van der Waals surface area contributed by atoms with Crippen LogP contribution in [0.2, 0.25) is 0 Å². The van der Waals surface area contributed by atoms with Crippen molar-refractivity contribution in [1.29, 1.82) is 0 Å². The van der Waals surface area contributed by atoms with E-state index in [1.165, 1.54) is 31.2 Å². The molecule has 0 atom stereocenters. The zero-order chi connectivity index (χ0) is 13.7. The Morgan fingerprint density at radius 3 is 2.95 bits per heavy atom. The van der Waals surface area contributed by atoms with Crippen LogP contribution < -0.4 is 5.32 Å². The van der Waals surface area contributed by atoms with Gasteiger partial charge in [0.25, 0.3) is 5.69 Å². The molecule has 1 saturated heterocycles. The van der Waals surface area contributed by atoms with Gasteiger partial charge in [0.2, 0.25) is 0 Å². The molecule has 1 aliphatic heterocycles. The van der Waals surface area contributed by atoms with Gasteiger partial charge in [0.15, 0.2) is 0 Å². The fourth-order valence-electron chi connectivity index (χ4n) is 2.26. The number of nitrogens with zero attached hydrogens (tertiary/aromatic N) is 3. The third-order valence-electron chi connectivity index (χ3n) is 3.56. The minimum atomic E-state index is -0.404. The van der Waals surface area contributed by atoms with Crippen LogP contribution in [-0.2, 0) is 0 Å². The molecule has 104 valence electrons. The first-order chi connectivity index (χ1) is 9.15. The molecule has 1 aromatic rings. The molecule has 2 rings (SSSR count). The average molecular weight is 264 g/mol. The summed E-state index contributed by atoms with van der Waals surface area (Å²) in [5.41, 5.74) is 0.0734. The second kappa shape index (κ2) is 6.47. The Morgan fingerprint density at radius 2 is 2.26 bits per heavy atom. The Hall–Kier alpha value is -1.69. The van der Waals surface area contributed by atoms with Gasteiger partial charge >= 0.3 is 0 Å². The first-order valence-corrected chi connectivity index (χ1v) is 6.72. The summed E-state index contributed by atoms with van der Waals surface area (Å²) in [5, 5.41) is 13.8. The lowest BCUT2D eigenvalue weighted by atomic mass is 9.99. The maximum Gasteiger partial charge on any atom is 0.274 e. The number of anilines is 1. The summed E-state index contributed by atoms with van der Waals surface area (Å²) >= 11 is 0. The molecule has 0 bridgehead atoms. The predicted octanol–water partition coefficient (Wildman–Crippen LogP) is 2.13. The average Bonchev–Trinajstić information content (AvgIpc) is 2.41. The third kappa shape index (κ3) is 4.17. The molecule has 1 fully saturated rings. The van der Waals surface area contributed by atoms with Gasteiger partial charge in [0, 0.05) is 25.4 Å². The van der Waals surface area contributed by atoms with Crippen LogP contribution in [0, 0.1) is 16.0 Å². The number of hydrogen-bond donors (Lipinski definition) is 1. The molecule has 2 heterocycles. The summed E-state index contributed by atoms with van der Waals surface area (Å²) in [5.74, 6) is 1.40. The van der Waals surface area contributed by atoms with Crippen LogP contribution in [0.5, 0.6) is 0 Å². The lowest BCUT2D eigenvalue weighted by molar-refractivity contribution is -0.384. The minimum absolute atomic E-state index is 0.0734. The smallest absolute Gasteiger partial charge is 0.274 e. The van der Waals surface area contributed by atoms with Gasteiger partial charge in [-0.3, -0.25) is 10.1 Å². The topological polar surface area (TPSA) is 71.3 Å². The van der Waals surface area contributed by atoms with Crippen LogP contribution in [0.4, 0.5) is 11.5 Å². The van der Waals surface area contributed by atoms with E-state index in [1.807, 2.05) is 0 Å². The number of hydrogen-bond acceptors (Lipinski definition) is 5. The third-order valence-corrected chi connectivity index (χ3v) is 3.56. The Balaban J connectivity index is 1.76. The van der Waals surface area contributed by atoms with Gasteiger partial charge in [-0.1, -0.05) is 6.92 Å². The number of pyridine rings is 1. The van der Waals surface area contributed by atoms with Gasteiger partial charge in [-0.25, -0.2) is 4.98 Å². The number of rotatable bonds is 5. The van der Waals surface area contributed by atoms with E-state index >= 15 is 0 Å². The number of likely N-dealkylation sites (tertiary alicyclic amines) is 1. The molecule has 0 aliphatic carbocycles. The highest BCUT2D eigenvalue weighted by atomic mass is 16.6. The van der Waals surface area contributed by atoms with Crippen LogP contribution in [0.1, 0.15) is 19.8 Å². The van der Waals surface area contributed by atoms with Gasteiger partial charge < -0.3 is 10.2 Å². The van der Waals surface area contributed by atoms with Crippen molar-refractivity contribution in [3.05, 3.63) is 28.4 Å². The van der Waals surface area contributed by atoms with Gasteiger partial charge in [0.05, 0.1) is 11.0 Å². The SMILES string of the molecule is CC1CCN(CCNc2cc([N+](=O)[O-])ccn2)CC1. The van der Waals surface area contributed by atoms with E-state index < -0.39 is 4.92 Å². The summed E-state index contributed by atoms with van der Waals surface area (Å²) < 4.78 is 0. The first kappa shape index (κ1) is 13.7. The molecule has 1 aliphatic rings. The van der Waals surface area contributed by atoms with Crippen molar-refractivity contribution >= 4 is 11.5 Å². The molecule has 0 amide bonds. The summed E-state index contributed by atoms with van der Waals surface area (Å²) in [7, 11) is 0. The molecule has 6 heteroatoms. The largest absolute Gasteiger partial charge is 0.369 e. The summed E-state index contributed by atoms with van der Waals surface area (Å²) in [6.07, 6.45) is 3.98. The molecule has 6 nitrogen and oxygen atoms in total. The second-order valence-electron chi connectivity index (χ2n) is 5.11. The summed E-state index contributed by atoms with van der Waals surface area (Å²) in [4.78, 5) is 16.7. The zero-order valence-corrected chi connectivity index (χ0v) is 11.2. The number of nitrogens with one attached hydrogen (secondary N) is 1. The van der Waals surface area contributed by atoms with E-state index in [0.29, 0.717) is 5.82 Å². The molecule has 0 aromatic carbocycles. The fourth-order valence-corrected chi connectivity index (χ4v) is 2.26. The number of aromatic nitrogens is 1. The van der Waals surface area contributed by atoms with Gasteiger partial charge in [0.1, 0.15) is 5.82 Å². The van der Waals surface area contributed by atoms with Gasteiger partial charge in [-0.05, 0) is 31.8 Å². The van der Waals surface area contributed by atoms with E-state index in [0.717, 1.165) is 32.1 Å². The molecule has 1 aromatic heterocycles. The van der Waals surface area contributed by atoms with Crippen molar-refractivity contribution < 1.29 is 4.92 Å². The Labute approximate surface area is 113 Å². The maximum absolute atomic E-state index is 10.6. The van der Waals surface area contributed by atoms with E-state index in [2.05, 4.69) is 22.1 Å². The molecule has 0 radical (unpaired) electrons. The highest BCUT2D eigenvalue weighted by Gasteiger charge is 2.15. The van der Waals surface area contributed by atoms with Crippen molar-refractivity contribution in [3.8, 4) is 0 Å². The van der Waals surface area contributed by atoms with Crippen molar-refractivity contribution in [2.75, 3.05) is 31.5 Å². The number of piperidine rings is 1. The van der Waals surface area contributed by atoms with Crippen LogP contribution >= 0.6 is 0 Å². The van der Waals surface area contributed by atoms with Crippen LogP contribution in [-0.4, -0.2) is 41.0 Å². The van der Waals surface area contributed by atoms with E-state index in [4.69, 9.17) is 0 Å². The normalized spacial score (nSPS) is 17.3. The van der Waals surface area contributed by atoms with Crippen molar-refractivity contribution in [2.24, 2.45) is 5.92 Å². The Morgan fingerprint density at radius 1 is 1.53 bits per heavy atom. The van der Waals surface area contributed by atoms with Crippen molar-refractivity contribution in [3.63, 3.8) is 0 Å². The molecule has 0 spiro atoms. The molecule has 19 heavy (non-hydrogen) atoms. The van der Waals surface area contributed by atoms with Gasteiger partial charge in [-0.15, -0.1) is 0 Å². The van der Waals surface area contributed by atoms with Crippen molar-refractivity contribution in [1.82, 2.24) is 9.88 Å². The summed E-state index contributed by atoms with van der Waals surface area (Å²) in [6, 6.07) is 2.87. The monoisotopic (exact) mass is 264 g/mol. The highest BCUT2D eigenvalue weighted by Crippen LogP contribution is 2.16. The van der Waals surface area contributed by atoms with Crippen LogP contribution in [0.25, 0.3) is 0 Å². The molecule has 1 N–H and O–H groups in total. The van der Waals surface area contributed by atoms with Crippen LogP contribution in [0.15, 0.2) is 18.3 Å². The van der Waals surface area contributed by atoms with E-state index in [-0.39, 0.29) is 5.69 Å². The summed E-state index contributed by atoms with van der Waals surface area (Å²) in [6.45, 7) is 6.30. The Kier molecular flexibility index (Phi) is 4.68. The van der Waals surface area contributed by atoms with E-state index in [1.54, 1.807) is 0 Å². The zero-order valence-electron chi connectivity index (χ0n) is 11.2. The highest BCUT2D eigenvalue weighted by molar-refractivity contribution is 5.44. The Bertz CT molecular complexity index is 430. The van der Waals surface area contributed by atoms with Gasteiger partial charge in [-0.2, -0.15) is 0 Å². The quantitative estimate of drug-likeness (QED) is 0.651. The molecular formula is C13H20N4O2. The van der Waals surface area contributed by atoms with Crippen molar-refractivity contribution in [2.45, 2.75) is 19.8 Å². The standard InChI is InChI=1S/C13H20N4O2/c1-11-3-7-16(8-4-11)9-6-15-13-10-12(17(18)19)2-5-14-13/h2,5,10-11H,3-4,6-9H2,1H3,(H,14,15). The predicted molar refractivity (Wildman–Crippen MR) is 74.2 cm³/mol. The first-order valence-electron chi connectivity index (χ1n) is 6.72. The maximum atomic E-state index is 10.6. The lowest BCUT2D eigenvalue weighted by Crippen LogP contribution is -2.36. The number of nitro groups is 1. The molecule has 0 saturated carbocycles. The lowest BCUT2D eigenvalue weighted by Gasteiger charge is -2.30. The minimum Gasteiger partial charge on any atom is -0.369 e. The second-order valence-corrected chi connectivity index (χ2v) is 5.11. The molecule has 0 unspecified atom stereocenters. The fraction of sp³-hybridized carbons (Fsp3) is 0.615. The van der Waals surface area contributed by atoms with E-state index in [9.17, 15) is 10.1 Å².